The number of carbonyl (C=O) groups is 1. The number of ether oxygens (including phenoxy) is 1. The van der Waals surface area contributed by atoms with Crippen LogP contribution >= 0.6 is 11.6 Å². The summed E-state index contributed by atoms with van der Waals surface area (Å²) < 4.78 is 4.91. The fraction of sp³-hybridized carbons (Fsp3) is 0.130. The summed E-state index contributed by atoms with van der Waals surface area (Å²) in [5.41, 5.74) is 2.23. The third-order valence-corrected chi connectivity index (χ3v) is 5.35. The maximum Gasteiger partial charge on any atom is 0.326 e. The van der Waals surface area contributed by atoms with E-state index in [1.165, 1.54) is 7.11 Å². The Labute approximate surface area is 173 Å². The molecule has 0 spiro atoms. The molecule has 0 fully saturated rings. The van der Waals surface area contributed by atoms with Crippen LogP contribution in [0.4, 0.5) is 0 Å². The second kappa shape index (κ2) is 7.60. The minimum absolute atomic E-state index is 0.263. The van der Waals surface area contributed by atoms with Gasteiger partial charge in [-0.25, -0.2) is 0 Å². The second-order valence-electron chi connectivity index (χ2n) is 6.72. The smallest absolute Gasteiger partial charge is 0.326 e. The topological polar surface area (TPSA) is 61.6 Å². The predicted octanol–water partition coefficient (Wildman–Crippen LogP) is 4.73. The number of rotatable bonds is 4. The number of esters is 1. The Hall–Kier alpha value is -3.31. The van der Waals surface area contributed by atoms with Gasteiger partial charge in [-0.15, -0.1) is 0 Å². The van der Waals surface area contributed by atoms with Crippen molar-refractivity contribution in [3.63, 3.8) is 0 Å². The van der Waals surface area contributed by atoms with Gasteiger partial charge in [0.25, 0.3) is 5.71 Å². The first-order valence-electron chi connectivity index (χ1n) is 9.03. The first-order chi connectivity index (χ1) is 14.0. The Morgan fingerprint density at radius 2 is 1.79 bits per heavy atom. The van der Waals surface area contributed by atoms with Gasteiger partial charge >= 0.3 is 5.97 Å². The SMILES string of the molecule is C=C(C1=[N+]([O-])O[C@@H](C(=O)OC)[C@@H]1c1cccc2ccccc12)c1ccc(Cl)cc1. The van der Waals surface area contributed by atoms with Crippen molar-refractivity contribution in [3.8, 4) is 0 Å². The molecule has 1 aliphatic rings. The van der Waals surface area contributed by atoms with Gasteiger partial charge in [-0.1, -0.05) is 72.8 Å². The minimum atomic E-state index is -1.11. The number of methoxy groups -OCH3 is 1. The fourth-order valence-corrected chi connectivity index (χ4v) is 3.83. The average Bonchev–Trinajstić information content (AvgIpc) is 3.09. The molecule has 6 heteroatoms. The molecule has 0 aliphatic carbocycles. The lowest BCUT2D eigenvalue weighted by atomic mass is 9.82. The Morgan fingerprint density at radius 3 is 2.52 bits per heavy atom. The van der Waals surface area contributed by atoms with E-state index in [0.29, 0.717) is 21.1 Å². The highest BCUT2D eigenvalue weighted by Crippen LogP contribution is 2.38. The molecule has 3 aromatic carbocycles. The van der Waals surface area contributed by atoms with Crippen LogP contribution in [0.15, 0.2) is 73.3 Å². The molecule has 29 heavy (non-hydrogen) atoms. The van der Waals surface area contributed by atoms with E-state index in [0.717, 1.165) is 16.3 Å². The Kier molecular flexibility index (Phi) is 4.99. The molecule has 1 heterocycles. The quantitative estimate of drug-likeness (QED) is 0.463. The lowest BCUT2D eigenvalue weighted by Crippen LogP contribution is -2.31. The molecule has 4 rings (SSSR count). The maximum atomic E-state index is 12.8. The zero-order chi connectivity index (χ0) is 20.5. The Balaban J connectivity index is 1.88. The van der Waals surface area contributed by atoms with Crippen LogP contribution in [0.2, 0.25) is 5.02 Å². The standard InChI is InChI=1S/C23H18ClNO4/c1-14(15-10-12-17(24)13-11-15)21-20(22(23(26)28-2)29-25(21)27)19-9-5-7-16-6-3-4-8-18(16)19/h3-13,20,22H,1H2,2H3/t20-,22-/m1/s1. The molecule has 0 N–H and O–H groups in total. The van der Waals surface area contributed by atoms with Crippen LogP contribution in [0, 0.1) is 5.21 Å². The summed E-state index contributed by atoms with van der Waals surface area (Å²) in [5, 5.41) is 15.3. The molecule has 0 saturated carbocycles. The monoisotopic (exact) mass is 407 g/mol. The van der Waals surface area contributed by atoms with Gasteiger partial charge in [-0.05, 0) is 34.0 Å². The van der Waals surface area contributed by atoms with E-state index in [1.54, 1.807) is 24.3 Å². The van der Waals surface area contributed by atoms with Gasteiger partial charge < -0.3 is 9.57 Å². The summed E-state index contributed by atoms with van der Waals surface area (Å²) in [4.78, 5) is 18.2. The zero-order valence-electron chi connectivity index (χ0n) is 15.7. The van der Waals surface area contributed by atoms with Crippen molar-refractivity contribution in [1.29, 1.82) is 0 Å². The first-order valence-corrected chi connectivity index (χ1v) is 9.40. The molecule has 146 valence electrons. The highest BCUT2D eigenvalue weighted by molar-refractivity contribution is 6.31. The summed E-state index contributed by atoms with van der Waals surface area (Å²) in [5.74, 6) is -1.29. The van der Waals surface area contributed by atoms with E-state index in [1.807, 2.05) is 42.5 Å². The fourth-order valence-electron chi connectivity index (χ4n) is 3.70. The molecule has 0 radical (unpaired) electrons. The predicted molar refractivity (Wildman–Crippen MR) is 113 cm³/mol. The third-order valence-electron chi connectivity index (χ3n) is 5.10. The first kappa shape index (κ1) is 19.0. The van der Waals surface area contributed by atoms with Gasteiger partial charge in [-0.2, -0.15) is 0 Å². The lowest BCUT2D eigenvalue weighted by molar-refractivity contribution is -0.736. The van der Waals surface area contributed by atoms with E-state index in [4.69, 9.17) is 21.2 Å². The van der Waals surface area contributed by atoms with E-state index >= 15 is 0 Å². The van der Waals surface area contributed by atoms with Crippen molar-refractivity contribution >= 4 is 39.6 Å². The van der Waals surface area contributed by atoms with E-state index in [9.17, 15) is 10.0 Å². The molecule has 0 aromatic heterocycles. The van der Waals surface area contributed by atoms with Crippen LogP contribution in [0.5, 0.6) is 0 Å². The highest BCUT2D eigenvalue weighted by Gasteiger charge is 2.47. The average molecular weight is 408 g/mol. The summed E-state index contributed by atoms with van der Waals surface area (Å²) in [7, 11) is 1.27. The Bertz CT molecular complexity index is 1130. The van der Waals surface area contributed by atoms with Gasteiger partial charge in [0.05, 0.1) is 7.11 Å². The van der Waals surface area contributed by atoms with E-state index < -0.39 is 18.0 Å². The second-order valence-corrected chi connectivity index (χ2v) is 7.16. The summed E-state index contributed by atoms with van der Waals surface area (Å²) in [6, 6.07) is 20.5. The highest BCUT2D eigenvalue weighted by atomic mass is 35.5. The molecule has 5 nitrogen and oxygen atoms in total. The van der Waals surface area contributed by atoms with Crippen molar-refractivity contribution in [3.05, 3.63) is 94.7 Å². The number of nitrogens with zero attached hydrogens (tertiary/aromatic N) is 1. The molecule has 1 aliphatic heterocycles. The number of allylic oxidation sites excluding steroid dienone is 1. The van der Waals surface area contributed by atoms with Crippen molar-refractivity contribution < 1.29 is 19.3 Å². The summed E-state index contributed by atoms with van der Waals surface area (Å²) in [6.45, 7) is 4.11. The van der Waals surface area contributed by atoms with Crippen molar-refractivity contribution in [2.75, 3.05) is 7.11 Å². The van der Waals surface area contributed by atoms with E-state index in [2.05, 4.69) is 6.58 Å². The van der Waals surface area contributed by atoms with Crippen LogP contribution in [-0.2, 0) is 14.4 Å². The van der Waals surface area contributed by atoms with Crippen LogP contribution in [0.3, 0.4) is 0 Å². The number of hydrogen-bond acceptors (Lipinski definition) is 4. The van der Waals surface area contributed by atoms with Crippen LogP contribution < -0.4 is 0 Å². The van der Waals surface area contributed by atoms with Crippen molar-refractivity contribution in [2.24, 2.45) is 0 Å². The number of carbonyl (C=O) groups excluding carboxylic acids is 1. The summed E-state index contributed by atoms with van der Waals surface area (Å²) in [6.07, 6.45) is -1.11. The van der Waals surface area contributed by atoms with Gasteiger partial charge in [0, 0.05) is 15.5 Å². The van der Waals surface area contributed by atoms with Crippen molar-refractivity contribution in [2.45, 2.75) is 12.0 Å². The minimum Gasteiger partial charge on any atom is -0.468 e. The lowest BCUT2D eigenvalue weighted by Gasteiger charge is -2.19. The molecule has 0 bridgehead atoms. The molecule has 2 atom stereocenters. The molecule has 0 saturated heterocycles. The third kappa shape index (κ3) is 3.34. The van der Waals surface area contributed by atoms with Crippen molar-refractivity contribution in [1.82, 2.24) is 0 Å². The number of benzene rings is 3. The molecular formula is C23H18ClNO4. The van der Waals surface area contributed by atoms with Crippen LogP contribution in [0.25, 0.3) is 16.3 Å². The van der Waals surface area contributed by atoms with Crippen LogP contribution in [-0.4, -0.2) is 29.8 Å². The maximum absolute atomic E-state index is 12.8. The van der Waals surface area contributed by atoms with Gasteiger partial charge in [0.2, 0.25) is 0 Å². The zero-order valence-corrected chi connectivity index (χ0v) is 16.4. The summed E-state index contributed by atoms with van der Waals surface area (Å²) >= 11 is 5.98. The van der Waals surface area contributed by atoms with Gasteiger partial charge in [0.1, 0.15) is 5.92 Å². The number of halogens is 1. The van der Waals surface area contributed by atoms with Crippen LogP contribution in [0.1, 0.15) is 17.0 Å². The normalized spacial score (nSPS) is 18.6. The number of hydrogen-bond donors (Lipinski definition) is 0. The molecule has 0 amide bonds. The molecule has 3 aromatic rings. The largest absolute Gasteiger partial charge is 0.468 e. The molecular weight excluding hydrogens is 390 g/mol. The molecule has 0 unspecified atom stereocenters. The number of fused-ring (bicyclic) bond motifs is 1. The van der Waals surface area contributed by atoms with E-state index in [-0.39, 0.29) is 5.71 Å². The van der Waals surface area contributed by atoms with Gasteiger partial charge in [-0.3, -0.25) is 10.0 Å². The van der Waals surface area contributed by atoms with Gasteiger partial charge in [0.15, 0.2) is 6.10 Å². The Morgan fingerprint density at radius 1 is 1.10 bits per heavy atom.